The van der Waals surface area contributed by atoms with Gasteiger partial charge in [0.2, 0.25) is 5.88 Å². The lowest BCUT2D eigenvalue weighted by atomic mass is 10.0. The van der Waals surface area contributed by atoms with Crippen LogP contribution in [0.15, 0.2) is 45.7 Å². The van der Waals surface area contributed by atoms with E-state index in [2.05, 4.69) is 15.3 Å². The van der Waals surface area contributed by atoms with Crippen molar-refractivity contribution in [2.24, 2.45) is 9.98 Å². The highest BCUT2D eigenvalue weighted by Gasteiger charge is 2.37. The van der Waals surface area contributed by atoms with E-state index in [-0.39, 0.29) is 0 Å². The first-order valence-electron chi connectivity index (χ1n) is 8.36. The van der Waals surface area contributed by atoms with E-state index >= 15 is 0 Å². The van der Waals surface area contributed by atoms with E-state index in [1.54, 1.807) is 33.0 Å². The molecule has 0 saturated heterocycles. The summed E-state index contributed by atoms with van der Waals surface area (Å²) in [7, 11) is 1.72. The summed E-state index contributed by atoms with van der Waals surface area (Å²) in [6.45, 7) is 10.8. The lowest BCUT2D eigenvalue weighted by Crippen LogP contribution is -2.34. The molecule has 2 rings (SSSR count). The van der Waals surface area contributed by atoms with Gasteiger partial charge in [-0.05, 0) is 41.5 Å². The quantitative estimate of drug-likeness (QED) is 0.753. The van der Waals surface area contributed by atoms with Gasteiger partial charge in [0.1, 0.15) is 11.2 Å². The highest BCUT2D eigenvalue weighted by molar-refractivity contribution is 6.06. The molecule has 2 heterocycles. The average Bonchev–Trinajstić information content (AvgIpc) is 2.93. The zero-order valence-electron chi connectivity index (χ0n) is 16.3. The third-order valence-corrected chi connectivity index (χ3v) is 4.08. The van der Waals surface area contributed by atoms with E-state index < -0.39 is 16.8 Å². The minimum atomic E-state index is -1.21. The molecule has 0 spiro atoms. The van der Waals surface area contributed by atoms with Gasteiger partial charge in [-0.15, -0.1) is 0 Å². The van der Waals surface area contributed by atoms with E-state index in [0.717, 1.165) is 5.71 Å². The maximum Gasteiger partial charge on any atom is 0.216 e. The van der Waals surface area contributed by atoms with Gasteiger partial charge in [-0.25, -0.2) is 4.99 Å². The smallest absolute Gasteiger partial charge is 0.216 e. The SMILES string of the molecule is CN=C1C=C(/N=C2\C=C(NC(=CC#N)C(C)(C)O)OC2(C)C)OC1(C)C. The Hall–Kier alpha value is -2.59. The number of aliphatic imine (C=N–C) groups is 2. The molecule has 0 bridgehead atoms. The van der Waals surface area contributed by atoms with Crippen LogP contribution in [0, 0.1) is 11.3 Å². The summed E-state index contributed by atoms with van der Waals surface area (Å²) in [5.41, 5.74) is -0.617. The Morgan fingerprint density at radius 2 is 1.81 bits per heavy atom. The van der Waals surface area contributed by atoms with Crippen LogP contribution >= 0.6 is 0 Å². The van der Waals surface area contributed by atoms with Crippen LogP contribution in [0.4, 0.5) is 0 Å². The van der Waals surface area contributed by atoms with Crippen molar-refractivity contribution >= 4 is 11.4 Å². The predicted molar refractivity (Wildman–Crippen MR) is 100 cm³/mol. The van der Waals surface area contributed by atoms with Gasteiger partial charge in [0.15, 0.2) is 5.88 Å². The van der Waals surface area contributed by atoms with Crippen LogP contribution in [-0.2, 0) is 9.47 Å². The van der Waals surface area contributed by atoms with Gasteiger partial charge in [0.05, 0.1) is 28.8 Å². The summed E-state index contributed by atoms with van der Waals surface area (Å²) in [6, 6.07) is 1.92. The maximum atomic E-state index is 10.2. The molecule has 7 heteroatoms. The topological polar surface area (TPSA) is 99.2 Å². The van der Waals surface area contributed by atoms with Gasteiger partial charge in [-0.1, -0.05) is 0 Å². The maximum absolute atomic E-state index is 10.2. The molecule has 7 nitrogen and oxygen atoms in total. The molecule has 0 saturated carbocycles. The number of rotatable bonds is 4. The third kappa shape index (κ3) is 4.14. The van der Waals surface area contributed by atoms with E-state index in [1.807, 2.05) is 33.8 Å². The lowest BCUT2D eigenvalue weighted by molar-refractivity contribution is 0.0793. The van der Waals surface area contributed by atoms with Crippen LogP contribution in [-0.4, -0.2) is 40.4 Å². The normalized spacial score (nSPS) is 24.7. The number of nitrogens with one attached hydrogen (secondary N) is 1. The Morgan fingerprint density at radius 1 is 1.19 bits per heavy atom. The number of hydrogen-bond acceptors (Lipinski definition) is 7. The van der Waals surface area contributed by atoms with Crippen molar-refractivity contribution in [3.63, 3.8) is 0 Å². The first-order valence-corrected chi connectivity index (χ1v) is 8.36. The van der Waals surface area contributed by atoms with Crippen LogP contribution in [0.2, 0.25) is 0 Å². The molecular formula is C19H26N4O3. The third-order valence-electron chi connectivity index (χ3n) is 4.08. The second-order valence-electron chi connectivity index (χ2n) is 7.69. The van der Waals surface area contributed by atoms with Crippen molar-refractivity contribution < 1.29 is 14.6 Å². The lowest BCUT2D eigenvalue weighted by Gasteiger charge is -2.25. The van der Waals surface area contributed by atoms with E-state index in [9.17, 15) is 5.11 Å². The van der Waals surface area contributed by atoms with Gasteiger partial charge in [0, 0.05) is 25.3 Å². The molecule has 0 atom stereocenters. The molecule has 0 fully saturated rings. The van der Waals surface area contributed by atoms with E-state index in [1.165, 1.54) is 6.08 Å². The number of allylic oxidation sites excluding steroid dienone is 1. The van der Waals surface area contributed by atoms with Crippen molar-refractivity contribution in [1.82, 2.24) is 5.32 Å². The molecule has 2 aliphatic rings. The van der Waals surface area contributed by atoms with Crippen LogP contribution in [0.3, 0.4) is 0 Å². The Bertz CT molecular complexity index is 785. The molecule has 0 aromatic rings. The molecule has 2 aliphatic heterocycles. The standard InChI is InChI=1S/C19H26N4O3/c1-17(2,24)12(8-9-20)22-16-11-14(19(5,6)26-16)23-15-10-13(21-7)18(3,4)25-15/h8,10-11,22,24H,1-7H3/b12-8?,21-13?,23-14+. The van der Waals surface area contributed by atoms with Gasteiger partial charge in [0.25, 0.3) is 0 Å². The summed E-state index contributed by atoms with van der Waals surface area (Å²) in [6.07, 6.45) is 4.79. The Morgan fingerprint density at radius 3 is 2.31 bits per heavy atom. The number of hydrogen-bond donors (Lipinski definition) is 2. The fourth-order valence-corrected chi connectivity index (χ4v) is 2.59. The first kappa shape index (κ1) is 19.7. The van der Waals surface area contributed by atoms with Crippen molar-refractivity contribution in [1.29, 1.82) is 5.26 Å². The molecule has 0 aliphatic carbocycles. The van der Waals surface area contributed by atoms with E-state index in [4.69, 9.17) is 14.7 Å². The fraction of sp³-hybridized carbons (Fsp3) is 0.526. The highest BCUT2D eigenvalue weighted by atomic mass is 16.5. The molecule has 0 unspecified atom stereocenters. The monoisotopic (exact) mass is 358 g/mol. The number of nitrogens with zero attached hydrogens (tertiary/aromatic N) is 3. The zero-order valence-corrected chi connectivity index (χ0v) is 16.3. The molecule has 0 aromatic carbocycles. The molecule has 26 heavy (non-hydrogen) atoms. The first-order chi connectivity index (χ1) is 11.9. The van der Waals surface area contributed by atoms with Crippen LogP contribution < -0.4 is 5.32 Å². The molecule has 0 aromatic heterocycles. The number of nitriles is 1. The van der Waals surface area contributed by atoms with Crippen LogP contribution in [0.5, 0.6) is 0 Å². The summed E-state index contributed by atoms with van der Waals surface area (Å²) in [4.78, 5) is 8.80. The summed E-state index contributed by atoms with van der Waals surface area (Å²) < 4.78 is 11.8. The average molecular weight is 358 g/mol. The Balaban J connectivity index is 2.31. The summed E-state index contributed by atoms with van der Waals surface area (Å²) in [5, 5.41) is 22.1. The molecule has 0 radical (unpaired) electrons. The van der Waals surface area contributed by atoms with Crippen LogP contribution in [0.1, 0.15) is 41.5 Å². The highest BCUT2D eigenvalue weighted by Crippen LogP contribution is 2.30. The Kier molecular flexibility index (Phi) is 5.02. The summed E-state index contributed by atoms with van der Waals surface area (Å²) >= 11 is 0. The molecule has 140 valence electrons. The van der Waals surface area contributed by atoms with Crippen molar-refractivity contribution in [2.75, 3.05) is 7.05 Å². The minimum absolute atomic E-state index is 0.334. The second kappa shape index (κ2) is 6.61. The van der Waals surface area contributed by atoms with Gasteiger partial charge in [-0.3, -0.25) is 4.99 Å². The predicted octanol–water partition coefficient (Wildman–Crippen LogP) is 2.57. The second-order valence-corrected chi connectivity index (χ2v) is 7.69. The summed E-state index contributed by atoms with van der Waals surface area (Å²) in [5.74, 6) is 0.870. The minimum Gasteiger partial charge on any atom is -0.466 e. The molecular weight excluding hydrogens is 332 g/mol. The number of ether oxygens (including phenoxy) is 2. The van der Waals surface area contributed by atoms with E-state index in [0.29, 0.717) is 23.2 Å². The Labute approximate surface area is 154 Å². The molecule has 0 amide bonds. The van der Waals surface area contributed by atoms with Gasteiger partial charge in [-0.2, -0.15) is 5.26 Å². The molecule has 2 N–H and O–H groups in total. The van der Waals surface area contributed by atoms with Gasteiger partial charge >= 0.3 is 0 Å². The zero-order chi connectivity index (χ0) is 19.8. The fourth-order valence-electron chi connectivity index (χ4n) is 2.59. The van der Waals surface area contributed by atoms with Crippen molar-refractivity contribution in [3.8, 4) is 6.07 Å². The van der Waals surface area contributed by atoms with Crippen molar-refractivity contribution in [3.05, 3.63) is 35.7 Å². The van der Waals surface area contributed by atoms with Crippen LogP contribution in [0.25, 0.3) is 0 Å². The number of aliphatic hydroxyl groups is 1. The largest absolute Gasteiger partial charge is 0.466 e. The van der Waals surface area contributed by atoms with Gasteiger partial charge < -0.3 is 19.9 Å². The van der Waals surface area contributed by atoms with Crippen molar-refractivity contribution in [2.45, 2.75) is 58.3 Å².